The van der Waals surface area contributed by atoms with Crippen LogP contribution in [0.3, 0.4) is 0 Å². The number of aryl methyl sites for hydroxylation is 1. The van der Waals surface area contributed by atoms with Crippen LogP contribution in [0.25, 0.3) is 0 Å². The molecule has 0 spiro atoms. The molecular weight excluding hydrogens is 406 g/mol. The van der Waals surface area contributed by atoms with Crippen molar-refractivity contribution in [3.63, 3.8) is 0 Å². The van der Waals surface area contributed by atoms with Gasteiger partial charge in [-0.15, -0.1) is 0 Å². The zero-order chi connectivity index (χ0) is 21.2. The molecule has 154 valence electrons. The average molecular weight is 432 g/mol. The summed E-state index contributed by atoms with van der Waals surface area (Å²) in [7, 11) is 0. The molecule has 2 N–H and O–H groups in total. The molecule has 0 saturated heterocycles. The van der Waals surface area contributed by atoms with Gasteiger partial charge in [-0.3, -0.25) is 9.59 Å². The molecule has 0 heterocycles. The summed E-state index contributed by atoms with van der Waals surface area (Å²) in [4.78, 5) is 36.0. The number of hydrogen-bond donors (Lipinski definition) is 2. The second-order valence-corrected chi connectivity index (χ2v) is 8.79. The normalized spacial score (nSPS) is 12.8. The Kier molecular flexibility index (Phi) is 9.28. The van der Waals surface area contributed by atoms with Gasteiger partial charge in [-0.05, 0) is 12.5 Å². The highest BCUT2D eigenvalue weighted by Gasteiger charge is 2.23. The predicted molar refractivity (Wildman–Crippen MR) is 119 cm³/mol. The van der Waals surface area contributed by atoms with Gasteiger partial charge < -0.3 is 10.4 Å². The minimum atomic E-state index is -1.06. The Morgan fingerprint density at radius 1 is 1.03 bits per heavy atom. The number of carbonyl (C=O) groups is 3. The van der Waals surface area contributed by atoms with Gasteiger partial charge in [0.15, 0.2) is 0 Å². The Balaban J connectivity index is 1.80. The lowest BCUT2D eigenvalue weighted by Gasteiger charge is -2.17. The Morgan fingerprint density at radius 2 is 1.76 bits per heavy atom. The first-order valence-corrected chi connectivity index (χ1v) is 11.4. The Morgan fingerprint density at radius 3 is 2.41 bits per heavy atom. The monoisotopic (exact) mass is 431 g/mol. The molecule has 2 rings (SSSR count). The molecule has 0 aliphatic carbocycles. The molecule has 0 unspecified atom stereocenters. The van der Waals surface area contributed by atoms with Gasteiger partial charge in [-0.25, -0.2) is 4.79 Å². The third kappa shape index (κ3) is 7.95. The van der Waals surface area contributed by atoms with E-state index >= 15 is 0 Å². The van der Waals surface area contributed by atoms with E-state index in [4.69, 9.17) is 0 Å². The van der Waals surface area contributed by atoms with Crippen molar-refractivity contribution >= 4 is 40.5 Å². The van der Waals surface area contributed by atoms with E-state index in [1.54, 1.807) is 31.2 Å². The van der Waals surface area contributed by atoms with Crippen LogP contribution in [-0.4, -0.2) is 39.6 Å². The zero-order valence-corrected chi connectivity index (χ0v) is 18.1. The fraction of sp³-hybridized carbons (Fsp3) is 0.318. The smallest absolute Gasteiger partial charge is 0.327 e. The fourth-order valence-electron chi connectivity index (χ4n) is 2.52. The van der Waals surface area contributed by atoms with Gasteiger partial charge in [-0.1, -0.05) is 78.8 Å². The first-order valence-electron chi connectivity index (χ1n) is 9.25. The van der Waals surface area contributed by atoms with Crippen molar-refractivity contribution in [2.24, 2.45) is 5.92 Å². The molecule has 0 aliphatic rings. The van der Waals surface area contributed by atoms with Crippen LogP contribution in [-0.2, 0) is 15.3 Å². The molecule has 0 saturated carbocycles. The largest absolute Gasteiger partial charge is 0.480 e. The van der Waals surface area contributed by atoms with E-state index in [-0.39, 0.29) is 16.8 Å². The van der Waals surface area contributed by atoms with Crippen LogP contribution in [0.5, 0.6) is 0 Å². The molecule has 2 aromatic rings. The third-order valence-electron chi connectivity index (χ3n) is 4.17. The van der Waals surface area contributed by atoms with Crippen LogP contribution >= 0.6 is 23.5 Å². The van der Waals surface area contributed by atoms with Gasteiger partial charge >= 0.3 is 5.97 Å². The zero-order valence-electron chi connectivity index (χ0n) is 16.5. The van der Waals surface area contributed by atoms with E-state index in [2.05, 4.69) is 11.4 Å². The van der Waals surface area contributed by atoms with Crippen LogP contribution in [0, 0.1) is 12.8 Å². The van der Waals surface area contributed by atoms with Crippen molar-refractivity contribution in [1.82, 2.24) is 5.32 Å². The lowest BCUT2D eigenvalue weighted by molar-refractivity contribution is -0.141. The van der Waals surface area contributed by atoms with Crippen molar-refractivity contribution in [3.8, 4) is 0 Å². The lowest BCUT2D eigenvalue weighted by Crippen LogP contribution is -2.45. The number of nitrogens with one attached hydrogen (secondary N) is 1. The number of carboxylic acid groups (broad SMARTS) is 1. The number of rotatable bonds is 10. The predicted octanol–water partition coefficient (Wildman–Crippen LogP) is 4.01. The maximum absolute atomic E-state index is 12.4. The van der Waals surface area contributed by atoms with E-state index in [0.29, 0.717) is 17.1 Å². The molecule has 7 heteroatoms. The Labute approximate surface area is 179 Å². The summed E-state index contributed by atoms with van der Waals surface area (Å²) >= 11 is 2.53. The molecule has 0 fully saturated rings. The molecule has 0 aliphatic heterocycles. The van der Waals surface area contributed by atoms with Gasteiger partial charge in [0.05, 0.1) is 0 Å². The van der Waals surface area contributed by atoms with Gasteiger partial charge in [0.1, 0.15) is 6.04 Å². The molecule has 2 atom stereocenters. The number of aliphatic carboxylic acids is 1. The summed E-state index contributed by atoms with van der Waals surface area (Å²) in [5.41, 5.74) is 2.86. The highest BCUT2D eigenvalue weighted by molar-refractivity contribution is 8.14. The van der Waals surface area contributed by atoms with Crippen molar-refractivity contribution < 1.29 is 19.5 Å². The Bertz CT molecular complexity index is 842. The number of benzene rings is 2. The topological polar surface area (TPSA) is 83.5 Å². The number of carbonyl (C=O) groups excluding carboxylic acids is 2. The van der Waals surface area contributed by atoms with Crippen molar-refractivity contribution in [1.29, 1.82) is 0 Å². The first kappa shape index (κ1) is 23.0. The highest BCUT2D eigenvalue weighted by Crippen LogP contribution is 2.17. The summed E-state index contributed by atoms with van der Waals surface area (Å²) in [6, 6.07) is 15.9. The van der Waals surface area contributed by atoms with Crippen molar-refractivity contribution in [2.75, 3.05) is 11.5 Å². The van der Waals surface area contributed by atoms with Crippen molar-refractivity contribution in [2.45, 2.75) is 25.6 Å². The molecule has 29 heavy (non-hydrogen) atoms. The number of carboxylic acids is 1. The summed E-state index contributed by atoms with van der Waals surface area (Å²) < 4.78 is 0. The summed E-state index contributed by atoms with van der Waals surface area (Å²) in [5, 5.41) is 11.9. The number of amides is 1. The van der Waals surface area contributed by atoms with E-state index in [0.717, 1.165) is 22.9 Å². The molecule has 0 aromatic heterocycles. The van der Waals surface area contributed by atoms with Crippen molar-refractivity contribution in [3.05, 3.63) is 71.3 Å². The van der Waals surface area contributed by atoms with Crippen LogP contribution in [0.1, 0.15) is 28.4 Å². The maximum Gasteiger partial charge on any atom is 0.327 e. The molecule has 1 amide bonds. The number of hydrogen-bond acceptors (Lipinski definition) is 5. The minimum absolute atomic E-state index is 0.103. The van der Waals surface area contributed by atoms with Crippen LogP contribution < -0.4 is 5.32 Å². The first-order chi connectivity index (χ1) is 13.9. The lowest BCUT2D eigenvalue weighted by atomic mass is 10.2. The minimum Gasteiger partial charge on any atom is -0.480 e. The van der Waals surface area contributed by atoms with E-state index < -0.39 is 17.9 Å². The van der Waals surface area contributed by atoms with Crippen LogP contribution in [0.4, 0.5) is 0 Å². The standard InChI is InChI=1S/C22H25NO4S2/c1-15-7-6-8-17(11-15)13-28-14-19(21(25)26)23-20(24)16(2)12-29-22(27)18-9-4-3-5-10-18/h3-11,16,19H,12-14H2,1-2H3,(H,23,24)(H,25,26)/t16-,19+/m1/s1. The highest BCUT2D eigenvalue weighted by atomic mass is 32.2. The van der Waals surface area contributed by atoms with E-state index in [1.807, 2.05) is 31.2 Å². The third-order valence-corrected chi connectivity index (χ3v) is 6.44. The summed E-state index contributed by atoms with van der Waals surface area (Å²) in [6.07, 6.45) is 0. The van der Waals surface area contributed by atoms with E-state index in [9.17, 15) is 19.5 Å². The Hall–Kier alpha value is -2.25. The van der Waals surface area contributed by atoms with Gasteiger partial charge in [0.25, 0.3) is 0 Å². The SMILES string of the molecule is Cc1cccc(CSC[C@H](NC(=O)[C@H](C)CSC(=O)c2ccccc2)C(=O)O)c1. The molecule has 5 nitrogen and oxygen atoms in total. The second kappa shape index (κ2) is 11.7. The van der Waals surface area contributed by atoms with Gasteiger partial charge in [0.2, 0.25) is 11.0 Å². The van der Waals surface area contributed by atoms with Gasteiger partial charge in [0, 0.05) is 28.7 Å². The quantitative estimate of drug-likeness (QED) is 0.591. The molecular formula is C22H25NO4S2. The summed E-state index contributed by atoms with van der Waals surface area (Å²) in [5.74, 6) is -0.646. The fourth-order valence-corrected chi connectivity index (χ4v) is 4.37. The molecule has 2 aromatic carbocycles. The molecule has 0 bridgehead atoms. The van der Waals surface area contributed by atoms with Gasteiger partial charge in [-0.2, -0.15) is 11.8 Å². The van der Waals surface area contributed by atoms with Crippen LogP contribution in [0.15, 0.2) is 54.6 Å². The van der Waals surface area contributed by atoms with Crippen LogP contribution in [0.2, 0.25) is 0 Å². The maximum atomic E-state index is 12.4. The van der Waals surface area contributed by atoms with E-state index in [1.165, 1.54) is 11.8 Å². The number of thioether (sulfide) groups is 2. The summed E-state index contributed by atoms with van der Waals surface area (Å²) in [6.45, 7) is 3.70. The average Bonchev–Trinajstić information content (AvgIpc) is 2.71. The second-order valence-electron chi connectivity index (χ2n) is 6.77. The molecule has 0 radical (unpaired) electrons.